The van der Waals surface area contributed by atoms with Crippen molar-refractivity contribution in [2.24, 2.45) is 5.92 Å². The Bertz CT molecular complexity index is 912. The number of H-pyrrole nitrogens is 1. The van der Waals surface area contributed by atoms with Crippen molar-refractivity contribution >= 4 is 22.1 Å². The number of para-hydroxylation sites is 1. The van der Waals surface area contributed by atoms with Crippen LogP contribution in [0.2, 0.25) is 0 Å². The molecule has 2 atom stereocenters. The summed E-state index contributed by atoms with van der Waals surface area (Å²) in [6.07, 6.45) is 0.672. The predicted molar refractivity (Wildman–Crippen MR) is 87.2 cm³/mol. The van der Waals surface area contributed by atoms with E-state index < -0.39 is 0 Å². The number of nitrogens with zero attached hydrogens (tertiary/aromatic N) is 2. The van der Waals surface area contributed by atoms with Crippen LogP contribution in [0.25, 0.3) is 22.1 Å². The maximum Gasteiger partial charge on any atom is 0.294 e. The van der Waals surface area contributed by atoms with E-state index in [1.807, 2.05) is 31.2 Å². The molecule has 23 heavy (non-hydrogen) atoms. The summed E-state index contributed by atoms with van der Waals surface area (Å²) in [5, 5.41) is 10.6. The number of aliphatic hydroxyl groups is 1. The second kappa shape index (κ2) is 5.47. The number of hydrogen-bond donors (Lipinski definition) is 2. The van der Waals surface area contributed by atoms with Crippen molar-refractivity contribution in [3.63, 3.8) is 0 Å². The van der Waals surface area contributed by atoms with Crippen molar-refractivity contribution in [2.45, 2.75) is 26.0 Å². The van der Waals surface area contributed by atoms with Crippen molar-refractivity contribution in [1.82, 2.24) is 14.9 Å². The van der Waals surface area contributed by atoms with Gasteiger partial charge in [0.15, 0.2) is 0 Å². The van der Waals surface area contributed by atoms with Crippen LogP contribution < -0.4 is 5.56 Å². The van der Waals surface area contributed by atoms with Crippen LogP contribution in [-0.4, -0.2) is 39.2 Å². The largest absolute Gasteiger partial charge is 0.449 e. The van der Waals surface area contributed by atoms with Gasteiger partial charge in [-0.25, -0.2) is 4.98 Å². The van der Waals surface area contributed by atoms with Gasteiger partial charge in [-0.15, -0.1) is 0 Å². The topological polar surface area (TPSA) is 82.4 Å². The first-order valence-electron chi connectivity index (χ1n) is 7.92. The molecule has 2 N–H and O–H groups in total. The van der Waals surface area contributed by atoms with Gasteiger partial charge in [0, 0.05) is 11.9 Å². The van der Waals surface area contributed by atoms with Crippen molar-refractivity contribution < 1.29 is 9.52 Å². The third-order valence-corrected chi connectivity index (χ3v) is 4.64. The molecule has 3 heterocycles. The summed E-state index contributed by atoms with van der Waals surface area (Å²) in [4.78, 5) is 21.9. The average Bonchev–Trinajstić information content (AvgIpc) is 3.13. The SMILES string of the molecule is CC(O)C1CCN(Cc2nc3c(oc4ccccc43)c(=O)[nH]2)C1. The number of aromatic nitrogens is 2. The highest BCUT2D eigenvalue weighted by Crippen LogP contribution is 2.25. The number of aromatic amines is 1. The van der Waals surface area contributed by atoms with E-state index in [1.54, 1.807) is 0 Å². The second-order valence-corrected chi connectivity index (χ2v) is 6.31. The van der Waals surface area contributed by atoms with Gasteiger partial charge in [-0.3, -0.25) is 9.69 Å². The molecular weight excluding hydrogens is 294 g/mol. The van der Waals surface area contributed by atoms with Crippen molar-refractivity contribution in [3.8, 4) is 0 Å². The third-order valence-electron chi connectivity index (χ3n) is 4.64. The smallest absolute Gasteiger partial charge is 0.294 e. The Morgan fingerprint density at radius 2 is 2.30 bits per heavy atom. The van der Waals surface area contributed by atoms with Crippen LogP contribution in [0.4, 0.5) is 0 Å². The van der Waals surface area contributed by atoms with Gasteiger partial charge in [-0.05, 0) is 37.9 Å². The quantitative estimate of drug-likeness (QED) is 0.771. The van der Waals surface area contributed by atoms with Gasteiger partial charge in [0.1, 0.15) is 16.9 Å². The first-order chi connectivity index (χ1) is 11.1. The standard InChI is InChI=1S/C17H19N3O3/c1-10(21)11-6-7-20(8-11)9-14-18-15-12-4-2-3-5-13(12)23-16(15)17(22)19-14/h2-5,10-11,21H,6-9H2,1H3,(H,18,19,22). The molecule has 1 aliphatic heterocycles. The molecule has 3 aromatic rings. The second-order valence-electron chi connectivity index (χ2n) is 6.31. The van der Waals surface area contributed by atoms with E-state index in [2.05, 4.69) is 14.9 Å². The van der Waals surface area contributed by atoms with Crippen LogP contribution in [0.5, 0.6) is 0 Å². The summed E-state index contributed by atoms with van der Waals surface area (Å²) in [6, 6.07) is 7.54. The van der Waals surface area contributed by atoms with Gasteiger partial charge < -0.3 is 14.5 Å². The number of rotatable bonds is 3. The number of likely N-dealkylation sites (tertiary alicyclic amines) is 1. The van der Waals surface area contributed by atoms with Gasteiger partial charge in [-0.1, -0.05) is 12.1 Å². The highest BCUT2D eigenvalue weighted by atomic mass is 16.3. The summed E-state index contributed by atoms with van der Waals surface area (Å²) in [6.45, 7) is 4.14. The lowest BCUT2D eigenvalue weighted by atomic mass is 10.0. The van der Waals surface area contributed by atoms with Gasteiger partial charge in [0.05, 0.1) is 12.6 Å². The predicted octanol–water partition coefficient (Wildman–Crippen LogP) is 1.87. The van der Waals surface area contributed by atoms with Crippen molar-refractivity contribution in [3.05, 3.63) is 40.4 Å². The molecule has 0 radical (unpaired) electrons. The molecule has 0 amide bonds. The van der Waals surface area contributed by atoms with Crippen molar-refractivity contribution in [2.75, 3.05) is 13.1 Å². The van der Waals surface area contributed by atoms with E-state index in [0.29, 0.717) is 29.4 Å². The summed E-state index contributed by atoms with van der Waals surface area (Å²) >= 11 is 0. The van der Waals surface area contributed by atoms with Crippen molar-refractivity contribution in [1.29, 1.82) is 0 Å². The molecule has 1 aromatic carbocycles. The third kappa shape index (κ3) is 2.54. The first-order valence-corrected chi connectivity index (χ1v) is 7.92. The van der Waals surface area contributed by atoms with E-state index in [4.69, 9.17) is 4.42 Å². The molecule has 2 unspecified atom stereocenters. The molecule has 2 aromatic heterocycles. The molecule has 0 aliphatic carbocycles. The van der Waals surface area contributed by atoms with E-state index in [0.717, 1.165) is 24.9 Å². The number of hydrogen-bond acceptors (Lipinski definition) is 5. The fourth-order valence-corrected chi connectivity index (χ4v) is 3.33. The summed E-state index contributed by atoms with van der Waals surface area (Å²) in [5.74, 6) is 0.931. The molecule has 1 saturated heterocycles. The van der Waals surface area contributed by atoms with E-state index in [1.165, 1.54) is 0 Å². The first kappa shape index (κ1) is 14.4. The van der Waals surface area contributed by atoms with E-state index in [-0.39, 0.29) is 17.2 Å². The number of benzene rings is 1. The van der Waals surface area contributed by atoms with E-state index in [9.17, 15) is 9.90 Å². The minimum Gasteiger partial charge on any atom is -0.449 e. The summed E-state index contributed by atoms with van der Waals surface area (Å²) in [7, 11) is 0. The molecule has 0 spiro atoms. The molecule has 1 fully saturated rings. The van der Waals surface area contributed by atoms with Gasteiger partial charge in [0.2, 0.25) is 5.58 Å². The van der Waals surface area contributed by atoms with Crippen LogP contribution in [0.15, 0.2) is 33.5 Å². The zero-order valence-electron chi connectivity index (χ0n) is 13.0. The van der Waals surface area contributed by atoms with E-state index >= 15 is 0 Å². The number of nitrogens with one attached hydrogen (secondary N) is 1. The molecule has 0 bridgehead atoms. The minimum absolute atomic E-state index is 0.243. The molecular formula is C17H19N3O3. The number of fused-ring (bicyclic) bond motifs is 3. The fourth-order valence-electron chi connectivity index (χ4n) is 3.33. The Balaban J connectivity index is 1.68. The highest BCUT2D eigenvalue weighted by Gasteiger charge is 2.26. The lowest BCUT2D eigenvalue weighted by Gasteiger charge is -2.16. The summed E-state index contributed by atoms with van der Waals surface area (Å²) < 4.78 is 5.60. The van der Waals surface area contributed by atoms with Gasteiger partial charge in [-0.2, -0.15) is 0 Å². The molecule has 6 heteroatoms. The monoisotopic (exact) mass is 313 g/mol. The Labute approximate surface area is 132 Å². The molecule has 0 saturated carbocycles. The Morgan fingerprint density at radius 1 is 1.48 bits per heavy atom. The molecule has 6 nitrogen and oxygen atoms in total. The minimum atomic E-state index is -0.299. The molecule has 1 aliphatic rings. The van der Waals surface area contributed by atoms with Crippen LogP contribution in [-0.2, 0) is 6.54 Å². The fraction of sp³-hybridized carbons (Fsp3) is 0.412. The van der Waals surface area contributed by atoms with Crippen LogP contribution in [0.1, 0.15) is 19.2 Å². The normalized spacial score (nSPS) is 20.5. The maximum atomic E-state index is 12.3. The maximum absolute atomic E-state index is 12.3. The average molecular weight is 313 g/mol. The Morgan fingerprint density at radius 3 is 3.09 bits per heavy atom. The number of aliphatic hydroxyl groups excluding tert-OH is 1. The van der Waals surface area contributed by atoms with Crippen LogP contribution in [0, 0.1) is 5.92 Å². The zero-order valence-corrected chi connectivity index (χ0v) is 13.0. The summed E-state index contributed by atoms with van der Waals surface area (Å²) in [5.41, 5.74) is 1.32. The lowest BCUT2D eigenvalue weighted by Crippen LogP contribution is -2.26. The number of furan rings is 1. The molecule has 120 valence electrons. The van der Waals surface area contributed by atoms with Crippen LogP contribution in [0.3, 0.4) is 0 Å². The lowest BCUT2D eigenvalue weighted by molar-refractivity contribution is 0.127. The molecule has 4 rings (SSSR count). The Kier molecular flexibility index (Phi) is 3.43. The Hall–Kier alpha value is -2.18. The zero-order chi connectivity index (χ0) is 16.0. The van der Waals surface area contributed by atoms with Gasteiger partial charge in [0.25, 0.3) is 5.56 Å². The highest BCUT2D eigenvalue weighted by molar-refractivity contribution is 6.01. The van der Waals surface area contributed by atoms with Gasteiger partial charge >= 0.3 is 0 Å². The van der Waals surface area contributed by atoms with Crippen LogP contribution >= 0.6 is 0 Å².